The van der Waals surface area contributed by atoms with Crippen LogP contribution in [0.25, 0.3) is 0 Å². The Balaban J connectivity index is 1.57. The number of carbonyl (C=O) groups is 1. The van der Waals surface area contributed by atoms with E-state index in [1.807, 2.05) is 23.1 Å². The molecule has 0 saturated carbocycles. The quantitative estimate of drug-likeness (QED) is 0.820. The Morgan fingerprint density at radius 1 is 1.17 bits per heavy atom. The summed E-state index contributed by atoms with van der Waals surface area (Å²) in [5.74, 6) is -1.73. The van der Waals surface area contributed by atoms with E-state index in [-0.39, 0.29) is 12.1 Å². The van der Waals surface area contributed by atoms with Crippen molar-refractivity contribution >= 4 is 33.3 Å². The molecule has 0 aromatic heterocycles. The molecule has 0 unspecified atom stereocenters. The summed E-state index contributed by atoms with van der Waals surface area (Å²) in [7, 11) is 0. The van der Waals surface area contributed by atoms with Gasteiger partial charge in [-0.3, -0.25) is 0 Å². The highest BCUT2D eigenvalue weighted by Gasteiger charge is 2.24. The van der Waals surface area contributed by atoms with Crippen molar-refractivity contribution in [3.63, 3.8) is 0 Å². The first-order valence-electron chi connectivity index (χ1n) is 7.55. The molecule has 1 aliphatic rings. The third-order valence-electron chi connectivity index (χ3n) is 3.91. The highest BCUT2D eigenvalue weighted by molar-refractivity contribution is 9.10. The minimum Gasteiger partial charge on any atom is -0.369 e. The SMILES string of the molecule is O=C(Nc1ccccc1Br)N[C@@H]1CCN(c2ccc(F)c(F)c2)C1. The number of nitrogens with one attached hydrogen (secondary N) is 2. The van der Waals surface area contributed by atoms with Gasteiger partial charge in [0.05, 0.1) is 5.69 Å². The fourth-order valence-electron chi connectivity index (χ4n) is 2.70. The summed E-state index contributed by atoms with van der Waals surface area (Å²) in [6.45, 7) is 1.22. The Labute approximate surface area is 147 Å². The topological polar surface area (TPSA) is 44.4 Å². The van der Waals surface area contributed by atoms with Crippen molar-refractivity contribution in [3.8, 4) is 0 Å². The third-order valence-corrected chi connectivity index (χ3v) is 4.61. The number of anilines is 2. The summed E-state index contributed by atoms with van der Waals surface area (Å²) < 4.78 is 27.1. The number of amides is 2. The van der Waals surface area contributed by atoms with Crippen LogP contribution in [0.2, 0.25) is 0 Å². The molecule has 1 fully saturated rings. The molecule has 2 N–H and O–H groups in total. The van der Waals surface area contributed by atoms with E-state index >= 15 is 0 Å². The van der Waals surface area contributed by atoms with Crippen molar-refractivity contribution in [2.24, 2.45) is 0 Å². The van der Waals surface area contributed by atoms with Crippen LogP contribution in [0, 0.1) is 11.6 Å². The van der Waals surface area contributed by atoms with Crippen LogP contribution in [-0.2, 0) is 0 Å². The molecule has 1 saturated heterocycles. The number of hydrogen-bond acceptors (Lipinski definition) is 2. The zero-order chi connectivity index (χ0) is 17.1. The highest BCUT2D eigenvalue weighted by atomic mass is 79.9. The molecule has 1 aliphatic heterocycles. The first kappa shape index (κ1) is 16.7. The average molecular weight is 396 g/mol. The van der Waals surface area contributed by atoms with Gasteiger partial charge in [-0.25, -0.2) is 13.6 Å². The lowest BCUT2D eigenvalue weighted by Crippen LogP contribution is -2.39. The maximum atomic E-state index is 13.3. The number of benzene rings is 2. The first-order valence-corrected chi connectivity index (χ1v) is 8.34. The zero-order valence-corrected chi connectivity index (χ0v) is 14.3. The van der Waals surface area contributed by atoms with Crippen molar-refractivity contribution < 1.29 is 13.6 Å². The second-order valence-corrected chi connectivity index (χ2v) is 6.46. The van der Waals surface area contributed by atoms with Crippen LogP contribution in [0.3, 0.4) is 0 Å². The Kier molecular flexibility index (Phi) is 4.99. The van der Waals surface area contributed by atoms with E-state index in [1.54, 1.807) is 12.1 Å². The van der Waals surface area contributed by atoms with Gasteiger partial charge in [-0.15, -0.1) is 0 Å². The van der Waals surface area contributed by atoms with Crippen LogP contribution in [0.4, 0.5) is 25.0 Å². The van der Waals surface area contributed by atoms with Crippen molar-refractivity contribution in [3.05, 3.63) is 58.6 Å². The van der Waals surface area contributed by atoms with E-state index in [0.717, 1.165) is 17.0 Å². The highest BCUT2D eigenvalue weighted by Crippen LogP contribution is 2.23. The molecular formula is C17H16BrF2N3O. The number of urea groups is 1. The maximum absolute atomic E-state index is 13.3. The van der Waals surface area contributed by atoms with Gasteiger partial charge in [0.15, 0.2) is 11.6 Å². The normalized spacial score (nSPS) is 17.0. The fourth-order valence-corrected chi connectivity index (χ4v) is 3.08. The lowest BCUT2D eigenvalue weighted by molar-refractivity contribution is 0.249. The number of para-hydroxylation sites is 1. The van der Waals surface area contributed by atoms with Gasteiger partial charge in [0.1, 0.15) is 0 Å². The Bertz CT molecular complexity index is 756. The molecule has 7 heteroatoms. The molecule has 4 nitrogen and oxygen atoms in total. The second-order valence-electron chi connectivity index (χ2n) is 5.61. The van der Waals surface area contributed by atoms with Gasteiger partial charge in [0.2, 0.25) is 0 Å². The van der Waals surface area contributed by atoms with Crippen LogP contribution in [0.15, 0.2) is 46.9 Å². The molecule has 0 bridgehead atoms. The maximum Gasteiger partial charge on any atom is 0.319 e. The summed E-state index contributed by atoms with van der Waals surface area (Å²) in [5, 5.41) is 5.68. The van der Waals surface area contributed by atoms with E-state index in [4.69, 9.17) is 0 Å². The minimum absolute atomic E-state index is 0.0550. The van der Waals surface area contributed by atoms with Gasteiger partial charge in [-0.2, -0.15) is 0 Å². The lowest BCUT2D eigenvalue weighted by Gasteiger charge is -2.19. The molecule has 2 aromatic carbocycles. The van der Waals surface area contributed by atoms with Crippen LogP contribution >= 0.6 is 15.9 Å². The van der Waals surface area contributed by atoms with E-state index in [1.165, 1.54) is 6.07 Å². The molecule has 0 spiro atoms. The molecule has 3 rings (SSSR count). The van der Waals surface area contributed by atoms with Crippen molar-refractivity contribution in [1.82, 2.24) is 5.32 Å². The molecular weight excluding hydrogens is 380 g/mol. The Hall–Kier alpha value is -2.15. The number of rotatable bonds is 3. The van der Waals surface area contributed by atoms with Crippen molar-refractivity contribution in [2.75, 3.05) is 23.3 Å². The van der Waals surface area contributed by atoms with E-state index in [0.29, 0.717) is 24.5 Å². The smallest absolute Gasteiger partial charge is 0.319 e. The van der Waals surface area contributed by atoms with Crippen LogP contribution in [-0.4, -0.2) is 25.2 Å². The number of carbonyl (C=O) groups excluding carboxylic acids is 1. The van der Waals surface area contributed by atoms with Gasteiger partial charge >= 0.3 is 6.03 Å². The summed E-state index contributed by atoms with van der Waals surface area (Å²) >= 11 is 3.37. The van der Waals surface area contributed by atoms with E-state index in [9.17, 15) is 13.6 Å². The van der Waals surface area contributed by atoms with Gasteiger partial charge in [0.25, 0.3) is 0 Å². The number of nitrogens with zero attached hydrogens (tertiary/aromatic N) is 1. The summed E-state index contributed by atoms with van der Waals surface area (Å²) in [5.41, 5.74) is 1.30. The molecule has 2 amide bonds. The van der Waals surface area contributed by atoms with Gasteiger partial charge in [-0.05, 0) is 46.6 Å². The monoisotopic (exact) mass is 395 g/mol. The number of halogens is 3. The van der Waals surface area contributed by atoms with Gasteiger partial charge in [0, 0.05) is 35.4 Å². The average Bonchev–Trinajstić information content (AvgIpc) is 3.00. The second kappa shape index (κ2) is 7.17. The van der Waals surface area contributed by atoms with Crippen molar-refractivity contribution in [1.29, 1.82) is 0 Å². The van der Waals surface area contributed by atoms with E-state index in [2.05, 4.69) is 26.6 Å². The molecule has 1 atom stereocenters. The fraction of sp³-hybridized carbons (Fsp3) is 0.235. The van der Waals surface area contributed by atoms with Gasteiger partial charge in [-0.1, -0.05) is 12.1 Å². The lowest BCUT2D eigenvalue weighted by atomic mass is 10.2. The largest absolute Gasteiger partial charge is 0.369 e. The third kappa shape index (κ3) is 3.84. The molecule has 1 heterocycles. The molecule has 0 aliphatic carbocycles. The zero-order valence-electron chi connectivity index (χ0n) is 12.7. The van der Waals surface area contributed by atoms with Crippen LogP contribution in [0.1, 0.15) is 6.42 Å². The summed E-state index contributed by atoms with van der Waals surface area (Å²) in [6.07, 6.45) is 0.738. The Morgan fingerprint density at radius 2 is 1.96 bits per heavy atom. The predicted octanol–water partition coefficient (Wildman–Crippen LogP) is 4.13. The van der Waals surface area contributed by atoms with Gasteiger partial charge < -0.3 is 15.5 Å². The molecule has 126 valence electrons. The Morgan fingerprint density at radius 3 is 2.71 bits per heavy atom. The first-order chi connectivity index (χ1) is 11.5. The standard InChI is InChI=1S/C17H16BrF2N3O/c18-13-3-1-2-4-16(13)22-17(24)21-11-7-8-23(10-11)12-5-6-14(19)15(20)9-12/h1-6,9,11H,7-8,10H2,(H2,21,22,24)/t11-/m1/s1. The minimum atomic E-state index is -0.865. The summed E-state index contributed by atoms with van der Waals surface area (Å²) in [4.78, 5) is 14.0. The predicted molar refractivity (Wildman–Crippen MR) is 93.3 cm³/mol. The summed E-state index contributed by atoms with van der Waals surface area (Å²) in [6, 6.07) is 10.8. The van der Waals surface area contributed by atoms with Crippen molar-refractivity contribution in [2.45, 2.75) is 12.5 Å². The molecule has 0 radical (unpaired) electrons. The van der Waals surface area contributed by atoms with Crippen LogP contribution < -0.4 is 15.5 Å². The van der Waals surface area contributed by atoms with Crippen LogP contribution in [0.5, 0.6) is 0 Å². The van der Waals surface area contributed by atoms with E-state index < -0.39 is 11.6 Å². The number of hydrogen-bond donors (Lipinski definition) is 2. The molecule has 24 heavy (non-hydrogen) atoms. The molecule has 2 aromatic rings.